The van der Waals surface area contributed by atoms with E-state index in [1.807, 2.05) is 48.5 Å². The van der Waals surface area contributed by atoms with E-state index < -0.39 is 0 Å². The van der Waals surface area contributed by atoms with Gasteiger partial charge in [0, 0.05) is 10.0 Å². The highest BCUT2D eigenvalue weighted by Gasteiger charge is 2.15. The van der Waals surface area contributed by atoms with E-state index in [2.05, 4.69) is 31.0 Å². The minimum atomic E-state index is 0.324. The van der Waals surface area contributed by atoms with E-state index >= 15 is 0 Å². The molecule has 2 aromatic heterocycles. The number of para-hydroxylation sites is 1. The Morgan fingerprint density at radius 1 is 1.00 bits per heavy atom. The summed E-state index contributed by atoms with van der Waals surface area (Å²) < 4.78 is 3.60. The lowest BCUT2D eigenvalue weighted by molar-refractivity contribution is 0.886. The number of aromatic nitrogens is 4. The zero-order chi connectivity index (χ0) is 15.1. The van der Waals surface area contributed by atoms with Crippen LogP contribution in [-0.4, -0.2) is 19.7 Å². The molecule has 0 fully saturated rings. The lowest BCUT2D eigenvalue weighted by atomic mass is 10.2. The van der Waals surface area contributed by atoms with Gasteiger partial charge in [-0.15, -0.1) is 5.10 Å². The first-order chi connectivity index (χ1) is 10.7. The second-order valence-electron chi connectivity index (χ2n) is 4.65. The molecule has 5 nitrogen and oxygen atoms in total. The quantitative estimate of drug-likeness (QED) is 0.580. The predicted octanol–water partition coefficient (Wildman–Crippen LogP) is 3.89. The number of halogens is 1. The summed E-state index contributed by atoms with van der Waals surface area (Å²) in [6, 6.07) is 15.7. The van der Waals surface area contributed by atoms with Gasteiger partial charge in [0.25, 0.3) is 0 Å². The molecule has 0 aliphatic heterocycles. The predicted molar refractivity (Wildman–Crippen MR) is 92.1 cm³/mol. The Balaban J connectivity index is 1.85. The number of hydrogen-bond acceptors (Lipinski definition) is 5. The van der Waals surface area contributed by atoms with Gasteiger partial charge in [0.15, 0.2) is 5.82 Å². The number of thiazole rings is 1. The largest absolute Gasteiger partial charge is 0.368 e. The molecule has 22 heavy (non-hydrogen) atoms. The summed E-state index contributed by atoms with van der Waals surface area (Å²) in [4.78, 5) is 8.92. The number of nitrogen functional groups attached to an aromatic ring is 1. The van der Waals surface area contributed by atoms with Crippen molar-refractivity contribution in [2.75, 3.05) is 5.73 Å². The molecule has 0 aliphatic carbocycles. The topological polar surface area (TPSA) is 69.6 Å². The molecule has 0 atom stereocenters. The zero-order valence-corrected chi connectivity index (χ0v) is 13.7. The molecular formula is C15H10BrN5S. The van der Waals surface area contributed by atoms with Crippen molar-refractivity contribution in [2.24, 2.45) is 0 Å². The second kappa shape index (κ2) is 5.19. The van der Waals surface area contributed by atoms with Gasteiger partial charge in [-0.3, -0.25) is 0 Å². The minimum Gasteiger partial charge on any atom is -0.368 e. The maximum absolute atomic E-state index is 6.02. The molecule has 0 saturated carbocycles. The zero-order valence-electron chi connectivity index (χ0n) is 11.3. The van der Waals surface area contributed by atoms with Crippen molar-refractivity contribution in [3.63, 3.8) is 0 Å². The van der Waals surface area contributed by atoms with Gasteiger partial charge in [-0.1, -0.05) is 51.5 Å². The molecule has 4 aromatic rings. The van der Waals surface area contributed by atoms with Crippen LogP contribution in [0.4, 0.5) is 5.95 Å². The SMILES string of the molecule is Nc1nc(-c2ccccc2Br)nn1-c1nc2ccccc2s1. The third-order valence-corrected chi connectivity index (χ3v) is 4.91. The number of rotatable bonds is 2. The van der Waals surface area contributed by atoms with Crippen LogP contribution in [0.5, 0.6) is 0 Å². The molecule has 0 unspecified atom stereocenters. The van der Waals surface area contributed by atoms with Gasteiger partial charge in [0.2, 0.25) is 11.1 Å². The molecule has 0 spiro atoms. The van der Waals surface area contributed by atoms with Crippen molar-refractivity contribution in [1.29, 1.82) is 0 Å². The standard InChI is InChI=1S/C15H10BrN5S/c16-10-6-2-1-5-9(10)13-19-14(17)21(20-13)15-18-11-7-3-4-8-12(11)22-15/h1-8H,(H2,17,19,20). The van der Waals surface area contributed by atoms with E-state index in [0.717, 1.165) is 20.3 Å². The molecular weight excluding hydrogens is 362 g/mol. The van der Waals surface area contributed by atoms with Gasteiger partial charge >= 0.3 is 0 Å². The van der Waals surface area contributed by atoms with E-state index in [9.17, 15) is 0 Å². The first-order valence-electron chi connectivity index (χ1n) is 6.56. The number of nitrogens with two attached hydrogens (primary N) is 1. The molecule has 108 valence electrons. The molecule has 0 amide bonds. The van der Waals surface area contributed by atoms with Crippen LogP contribution in [-0.2, 0) is 0 Å². The summed E-state index contributed by atoms with van der Waals surface area (Å²) in [7, 11) is 0. The smallest absolute Gasteiger partial charge is 0.226 e. The molecule has 0 bridgehead atoms. The van der Waals surface area contributed by atoms with Crippen LogP contribution in [0.3, 0.4) is 0 Å². The maximum atomic E-state index is 6.02. The van der Waals surface area contributed by atoms with Crippen LogP contribution in [0.25, 0.3) is 26.7 Å². The number of benzene rings is 2. The van der Waals surface area contributed by atoms with Gasteiger partial charge in [-0.25, -0.2) is 4.98 Å². The number of hydrogen-bond donors (Lipinski definition) is 1. The first kappa shape index (κ1) is 13.4. The summed E-state index contributed by atoms with van der Waals surface area (Å²) in [5, 5.41) is 5.22. The fourth-order valence-corrected chi connectivity index (χ4v) is 3.56. The van der Waals surface area contributed by atoms with Crippen LogP contribution < -0.4 is 5.73 Å². The summed E-state index contributed by atoms with van der Waals surface area (Å²) in [5.74, 6) is 0.897. The Kier molecular flexibility index (Phi) is 3.16. The highest BCUT2D eigenvalue weighted by molar-refractivity contribution is 9.10. The highest BCUT2D eigenvalue weighted by atomic mass is 79.9. The Morgan fingerprint density at radius 3 is 2.59 bits per heavy atom. The lowest BCUT2D eigenvalue weighted by Crippen LogP contribution is -2.01. The number of nitrogens with zero attached hydrogens (tertiary/aromatic N) is 4. The molecule has 2 aromatic carbocycles. The summed E-state index contributed by atoms with van der Waals surface area (Å²) in [6.45, 7) is 0. The molecule has 0 saturated heterocycles. The van der Waals surface area contributed by atoms with Crippen molar-refractivity contribution in [1.82, 2.24) is 19.7 Å². The van der Waals surface area contributed by atoms with Gasteiger partial charge in [-0.2, -0.15) is 9.67 Å². The van der Waals surface area contributed by atoms with Crippen molar-refractivity contribution in [3.8, 4) is 16.5 Å². The van der Waals surface area contributed by atoms with E-state index in [0.29, 0.717) is 16.9 Å². The fourth-order valence-electron chi connectivity index (χ4n) is 2.17. The summed E-state index contributed by atoms with van der Waals surface area (Å²) in [6.07, 6.45) is 0. The number of fused-ring (bicyclic) bond motifs is 1. The molecule has 0 aliphatic rings. The van der Waals surface area contributed by atoms with Crippen LogP contribution in [0.15, 0.2) is 53.0 Å². The normalized spacial score (nSPS) is 11.1. The monoisotopic (exact) mass is 371 g/mol. The van der Waals surface area contributed by atoms with E-state index in [4.69, 9.17) is 5.73 Å². The van der Waals surface area contributed by atoms with Gasteiger partial charge in [-0.05, 0) is 24.3 Å². The van der Waals surface area contributed by atoms with Crippen molar-refractivity contribution in [3.05, 3.63) is 53.0 Å². The van der Waals surface area contributed by atoms with Crippen LogP contribution in [0.2, 0.25) is 0 Å². The minimum absolute atomic E-state index is 0.324. The van der Waals surface area contributed by atoms with E-state index in [1.54, 1.807) is 4.68 Å². The fraction of sp³-hybridized carbons (Fsp3) is 0. The second-order valence-corrected chi connectivity index (χ2v) is 6.51. The number of anilines is 1. The molecule has 4 rings (SSSR count). The average molecular weight is 372 g/mol. The molecule has 0 radical (unpaired) electrons. The summed E-state index contributed by atoms with van der Waals surface area (Å²) in [5.41, 5.74) is 7.85. The molecule has 2 heterocycles. The van der Waals surface area contributed by atoms with Crippen molar-refractivity contribution < 1.29 is 0 Å². The van der Waals surface area contributed by atoms with Crippen LogP contribution in [0.1, 0.15) is 0 Å². The van der Waals surface area contributed by atoms with Crippen molar-refractivity contribution in [2.45, 2.75) is 0 Å². The van der Waals surface area contributed by atoms with Gasteiger partial charge < -0.3 is 5.73 Å². The van der Waals surface area contributed by atoms with Crippen LogP contribution in [0, 0.1) is 0 Å². The van der Waals surface area contributed by atoms with E-state index in [-0.39, 0.29) is 0 Å². The third-order valence-electron chi connectivity index (χ3n) is 3.21. The molecule has 7 heteroatoms. The van der Waals surface area contributed by atoms with E-state index in [1.165, 1.54) is 11.3 Å². The first-order valence-corrected chi connectivity index (χ1v) is 8.17. The lowest BCUT2D eigenvalue weighted by Gasteiger charge is -1.97. The van der Waals surface area contributed by atoms with Gasteiger partial charge in [0.1, 0.15) is 0 Å². The van der Waals surface area contributed by atoms with Gasteiger partial charge in [0.05, 0.1) is 10.2 Å². The van der Waals surface area contributed by atoms with Crippen molar-refractivity contribution >= 4 is 43.4 Å². The Labute approximate surface area is 138 Å². The summed E-state index contributed by atoms with van der Waals surface area (Å²) >= 11 is 5.04. The third kappa shape index (κ3) is 2.18. The Morgan fingerprint density at radius 2 is 1.77 bits per heavy atom. The average Bonchev–Trinajstić information content (AvgIpc) is 3.10. The molecule has 2 N–H and O–H groups in total. The van der Waals surface area contributed by atoms with Crippen LogP contribution >= 0.6 is 27.3 Å². The Bertz CT molecular complexity index is 942. The highest BCUT2D eigenvalue weighted by Crippen LogP contribution is 2.29. The maximum Gasteiger partial charge on any atom is 0.226 e. The Hall–Kier alpha value is -2.25.